The zero-order valence-electron chi connectivity index (χ0n) is 11.8. The fourth-order valence-corrected chi connectivity index (χ4v) is 1.91. The van der Waals surface area contributed by atoms with Gasteiger partial charge in [0.1, 0.15) is 0 Å². The van der Waals surface area contributed by atoms with Crippen LogP contribution in [0.15, 0.2) is 29.3 Å². The van der Waals surface area contributed by atoms with Crippen LogP contribution in [0.25, 0.3) is 0 Å². The Balaban J connectivity index is 2.65. The fraction of sp³-hybridized carbons (Fsp3) is 0.500. The van der Waals surface area contributed by atoms with Crippen molar-refractivity contribution >= 4 is 17.6 Å². The normalized spacial score (nSPS) is 11.5. The summed E-state index contributed by atoms with van der Waals surface area (Å²) in [5.74, 6) is 0.875. The molecular formula is C14H22ClN3O. The van der Waals surface area contributed by atoms with Crippen molar-refractivity contribution in [3.8, 4) is 0 Å². The van der Waals surface area contributed by atoms with Gasteiger partial charge in [-0.15, -0.1) is 0 Å². The highest BCUT2D eigenvalue weighted by atomic mass is 35.5. The van der Waals surface area contributed by atoms with Gasteiger partial charge < -0.3 is 15.0 Å². The van der Waals surface area contributed by atoms with E-state index in [4.69, 9.17) is 16.3 Å². The molecule has 0 radical (unpaired) electrons. The van der Waals surface area contributed by atoms with E-state index in [1.807, 2.05) is 25.2 Å². The van der Waals surface area contributed by atoms with Crippen molar-refractivity contribution in [3.05, 3.63) is 34.9 Å². The van der Waals surface area contributed by atoms with Gasteiger partial charge in [0, 0.05) is 32.3 Å². The molecule has 0 fully saturated rings. The molecule has 0 spiro atoms. The van der Waals surface area contributed by atoms with Crippen molar-refractivity contribution in [2.75, 3.05) is 33.9 Å². The number of benzene rings is 1. The summed E-state index contributed by atoms with van der Waals surface area (Å²) in [5.41, 5.74) is 1.16. The van der Waals surface area contributed by atoms with Crippen molar-refractivity contribution < 1.29 is 4.74 Å². The molecule has 1 aromatic carbocycles. The highest BCUT2D eigenvalue weighted by Gasteiger charge is 2.06. The number of nitrogens with one attached hydrogen (secondary N) is 1. The molecule has 0 saturated heterocycles. The molecule has 0 aliphatic rings. The van der Waals surface area contributed by atoms with Crippen molar-refractivity contribution in [2.24, 2.45) is 4.99 Å². The fourth-order valence-electron chi connectivity index (χ4n) is 1.70. The second-order valence-electron chi connectivity index (χ2n) is 4.21. The van der Waals surface area contributed by atoms with Crippen LogP contribution in [0.1, 0.15) is 12.5 Å². The lowest BCUT2D eigenvalue weighted by molar-refractivity contribution is 0.207. The van der Waals surface area contributed by atoms with Gasteiger partial charge in [-0.2, -0.15) is 0 Å². The molecule has 0 unspecified atom stereocenters. The first kappa shape index (κ1) is 15.8. The topological polar surface area (TPSA) is 36.9 Å². The number of nitrogens with zero attached hydrogens (tertiary/aromatic N) is 2. The molecule has 19 heavy (non-hydrogen) atoms. The van der Waals surface area contributed by atoms with Gasteiger partial charge in [0.2, 0.25) is 0 Å². The van der Waals surface area contributed by atoms with Crippen LogP contribution in [0, 0.1) is 0 Å². The standard InChI is InChI=1S/C14H22ClN3O/c1-4-16-14(17-8-9-19-3)18(2)11-12-6-5-7-13(15)10-12/h5-7,10H,4,8-9,11H2,1-3H3,(H,16,17). The smallest absolute Gasteiger partial charge is 0.194 e. The minimum absolute atomic E-state index is 0.625. The molecule has 4 nitrogen and oxygen atoms in total. The molecule has 0 aliphatic carbocycles. The molecule has 1 rings (SSSR count). The summed E-state index contributed by atoms with van der Waals surface area (Å²) < 4.78 is 5.01. The van der Waals surface area contributed by atoms with E-state index < -0.39 is 0 Å². The first-order valence-corrected chi connectivity index (χ1v) is 6.78. The summed E-state index contributed by atoms with van der Waals surface area (Å²) in [6.07, 6.45) is 0. The van der Waals surface area contributed by atoms with Gasteiger partial charge in [0.25, 0.3) is 0 Å². The van der Waals surface area contributed by atoms with Crippen molar-refractivity contribution in [3.63, 3.8) is 0 Å². The largest absolute Gasteiger partial charge is 0.383 e. The quantitative estimate of drug-likeness (QED) is 0.495. The number of halogens is 1. The molecule has 1 aromatic rings. The van der Waals surface area contributed by atoms with Gasteiger partial charge in [-0.3, -0.25) is 4.99 Å². The van der Waals surface area contributed by atoms with Crippen molar-refractivity contribution in [2.45, 2.75) is 13.5 Å². The second-order valence-corrected chi connectivity index (χ2v) is 4.65. The summed E-state index contributed by atoms with van der Waals surface area (Å²) in [4.78, 5) is 6.57. The van der Waals surface area contributed by atoms with Gasteiger partial charge in [0.15, 0.2) is 5.96 Å². The number of guanidine groups is 1. The molecule has 0 heterocycles. The molecular weight excluding hydrogens is 262 g/mol. The van der Waals surface area contributed by atoms with Crippen molar-refractivity contribution in [1.29, 1.82) is 0 Å². The summed E-state index contributed by atoms with van der Waals surface area (Å²) in [6.45, 7) is 4.93. The highest BCUT2D eigenvalue weighted by molar-refractivity contribution is 6.30. The maximum absolute atomic E-state index is 5.99. The molecule has 0 aliphatic heterocycles. The monoisotopic (exact) mass is 283 g/mol. The second kappa shape index (κ2) is 8.77. The lowest BCUT2D eigenvalue weighted by Gasteiger charge is -2.22. The Morgan fingerprint density at radius 1 is 1.47 bits per heavy atom. The molecule has 0 aromatic heterocycles. The molecule has 0 bridgehead atoms. The molecule has 1 N–H and O–H groups in total. The van der Waals surface area contributed by atoms with Gasteiger partial charge in [-0.1, -0.05) is 23.7 Å². The predicted octanol–water partition coefficient (Wildman–Crippen LogP) is 2.38. The molecule has 5 heteroatoms. The van der Waals surface area contributed by atoms with Crippen LogP contribution in [-0.2, 0) is 11.3 Å². The summed E-state index contributed by atoms with van der Waals surface area (Å²) in [6, 6.07) is 7.86. The van der Waals surface area contributed by atoms with E-state index in [0.29, 0.717) is 13.2 Å². The van der Waals surface area contributed by atoms with E-state index in [1.54, 1.807) is 7.11 Å². The zero-order valence-corrected chi connectivity index (χ0v) is 12.6. The van der Waals surface area contributed by atoms with Crippen LogP contribution in [-0.4, -0.2) is 44.7 Å². The van der Waals surface area contributed by atoms with Crippen LogP contribution in [0.4, 0.5) is 0 Å². The SMILES string of the molecule is CCNC(=NCCOC)N(C)Cc1cccc(Cl)c1. The summed E-state index contributed by atoms with van der Waals surface area (Å²) in [7, 11) is 3.69. The lowest BCUT2D eigenvalue weighted by Crippen LogP contribution is -2.38. The maximum Gasteiger partial charge on any atom is 0.194 e. The van der Waals surface area contributed by atoms with Crippen LogP contribution < -0.4 is 5.32 Å². The number of aliphatic imine (C=N–C) groups is 1. The number of methoxy groups -OCH3 is 1. The first-order chi connectivity index (χ1) is 9.17. The van der Waals surface area contributed by atoms with E-state index in [2.05, 4.69) is 28.2 Å². The summed E-state index contributed by atoms with van der Waals surface area (Å²) >= 11 is 5.99. The Kier molecular flexibility index (Phi) is 7.30. The van der Waals surface area contributed by atoms with Gasteiger partial charge in [-0.25, -0.2) is 0 Å². The van der Waals surface area contributed by atoms with Gasteiger partial charge in [-0.05, 0) is 24.6 Å². The third-order valence-electron chi connectivity index (χ3n) is 2.56. The minimum Gasteiger partial charge on any atom is -0.383 e. The Bertz CT molecular complexity index is 409. The van der Waals surface area contributed by atoms with Crippen LogP contribution >= 0.6 is 11.6 Å². The number of hydrogen-bond donors (Lipinski definition) is 1. The minimum atomic E-state index is 0.625. The molecule has 106 valence electrons. The third-order valence-corrected chi connectivity index (χ3v) is 2.80. The average molecular weight is 284 g/mol. The maximum atomic E-state index is 5.99. The van der Waals surface area contributed by atoms with Crippen LogP contribution in [0.5, 0.6) is 0 Å². The van der Waals surface area contributed by atoms with Gasteiger partial charge >= 0.3 is 0 Å². The van der Waals surface area contributed by atoms with Crippen molar-refractivity contribution in [1.82, 2.24) is 10.2 Å². The zero-order chi connectivity index (χ0) is 14.1. The number of rotatable bonds is 6. The van der Waals surface area contributed by atoms with Crippen LogP contribution in [0.2, 0.25) is 5.02 Å². The van der Waals surface area contributed by atoms with Crippen LogP contribution in [0.3, 0.4) is 0 Å². The Morgan fingerprint density at radius 3 is 2.89 bits per heavy atom. The van der Waals surface area contributed by atoms with E-state index >= 15 is 0 Å². The first-order valence-electron chi connectivity index (χ1n) is 6.40. The van der Waals surface area contributed by atoms with E-state index in [1.165, 1.54) is 0 Å². The number of hydrogen-bond acceptors (Lipinski definition) is 2. The molecule has 0 saturated carbocycles. The van der Waals surface area contributed by atoms with Gasteiger partial charge in [0.05, 0.1) is 13.2 Å². The average Bonchev–Trinajstić information content (AvgIpc) is 2.38. The Morgan fingerprint density at radius 2 is 2.26 bits per heavy atom. The Labute approximate surface area is 120 Å². The molecule has 0 amide bonds. The number of ether oxygens (including phenoxy) is 1. The van der Waals surface area contributed by atoms with E-state index in [0.717, 1.165) is 29.6 Å². The molecule has 0 atom stereocenters. The predicted molar refractivity (Wildman–Crippen MR) is 80.8 cm³/mol. The lowest BCUT2D eigenvalue weighted by atomic mass is 10.2. The summed E-state index contributed by atoms with van der Waals surface area (Å²) in [5, 5.41) is 4.02. The van der Waals surface area contributed by atoms with E-state index in [9.17, 15) is 0 Å². The third kappa shape index (κ3) is 5.94. The Hall–Kier alpha value is -1.26. The van der Waals surface area contributed by atoms with E-state index in [-0.39, 0.29) is 0 Å². The highest BCUT2D eigenvalue weighted by Crippen LogP contribution is 2.12.